The van der Waals surface area contributed by atoms with Crippen LogP contribution in [0, 0.1) is 11.7 Å². The summed E-state index contributed by atoms with van der Waals surface area (Å²) < 4.78 is 13.1. The highest BCUT2D eigenvalue weighted by Gasteiger charge is 2.40. The molecule has 7 heteroatoms. The van der Waals surface area contributed by atoms with Gasteiger partial charge in [-0.1, -0.05) is 30.3 Å². The maximum Gasteiger partial charge on any atom is 0.335 e. The summed E-state index contributed by atoms with van der Waals surface area (Å²) in [6.07, 6.45) is 2.87. The van der Waals surface area contributed by atoms with Gasteiger partial charge in [0.25, 0.3) is 5.91 Å². The number of anilines is 1. The first kappa shape index (κ1) is 19.4. The van der Waals surface area contributed by atoms with E-state index < -0.39 is 29.6 Å². The van der Waals surface area contributed by atoms with Crippen molar-refractivity contribution in [2.75, 3.05) is 4.90 Å². The number of hydrogen-bond acceptors (Lipinski definition) is 4. The molecule has 1 aliphatic heterocycles. The van der Waals surface area contributed by atoms with Crippen molar-refractivity contribution in [3.63, 3.8) is 0 Å². The van der Waals surface area contributed by atoms with Crippen LogP contribution in [-0.4, -0.2) is 30.1 Å². The molecule has 144 valence electrons. The Bertz CT molecular complexity index is 897. The van der Waals surface area contributed by atoms with Crippen LogP contribution >= 0.6 is 0 Å². The first-order chi connectivity index (χ1) is 13.5. The Morgan fingerprint density at radius 2 is 1.79 bits per heavy atom. The second-order valence-corrected chi connectivity index (χ2v) is 6.59. The number of halogens is 1. The van der Waals surface area contributed by atoms with Gasteiger partial charge in [0.2, 0.25) is 5.91 Å². The number of rotatable bonds is 6. The van der Waals surface area contributed by atoms with Gasteiger partial charge in [0, 0.05) is 12.3 Å². The SMILES string of the molecule is C[C@@H](CCc1ccccc1)N=CC1C(=O)NC(=O)N(c2ccc(F)cc2)C1=O. The molecule has 0 saturated carbocycles. The van der Waals surface area contributed by atoms with Gasteiger partial charge < -0.3 is 0 Å². The van der Waals surface area contributed by atoms with E-state index in [4.69, 9.17) is 0 Å². The average molecular weight is 381 g/mol. The number of barbiturate groups is 1. The summed E-state index contributed by atoms with van der Waals surface area (Å²) in [6, 6.07) is 13.9. The number of hydrogen-bond donors (Lipinski definition) is 1. The fourth-order valence-electron chi connectivity index (χ4n) is 2.88. The molecule has 2 atom stereocenters. The number of nitrogens with zero attached hydrogens (tertiary/aromatic N) is 2. The third kappa shape index (κ3) is 4.49. The van der Waals surface area contributed by atoms with Gasteiger partial charge in [-0.05, 0) is 49.6 Å². The Hall–Kier alpha value is -3.35. The number of aliphatic imine (C=N–C) groups is 1. The second-order valence-electron chi connectivity index (χ2n) is 6.59. The fourth-order valence-corrected chi connectivity index (χ4v) is 2.88. The van der Waals surface area contributed by atoms with E-state index in [2.05, 4.69) is 10.3 Å². The fraction of sp³-hybridized carbons (Fsp3) is 0.238. The number of urea groups is 1. The van der Waals surface area contributed by atoms with Crippen molar-refractivity contribution in [3.8, 4) is 0 Å². The zero-order valence-corrected chi connectivity index (χ0v) is 15.3. The minimum Gasteiger partial charge on any atom is -0.293 e. The molecule has 2 aromatic rings. The zero-order valence-electron chi connectivity index (χ0n) is 15.3. The summed E-state index contributed by atoms with van der Waals surface area (Å²) in [4.78, 5) is 42.0. The summed E-state index contributed by atoms with van der Waals surface area (Å²) >= 11 is 0. The van der Waals surface area contributed by atoms with E-state index in [1.54, 1.807) is 0 Å². The number of imide groups is 2. The van der Waals surface area contributed by atoms with Crippen molar-refractivity contribution < 1.29 is 18.8 Å². The third-order valence-electron chi connectivity index (χ3n) is 4.47. The van der Waals surface area contributed by atoms with E-state index in [9.17, 15) is 18.8 Å². The van der Waals surface area contributed by atoms with Crippen LogP contribution in [0.15, 0.2) is 59.6 Å². The molecule has 0 spiro atoms. The lowest BCUT2D eigenvalue weighted by Gasteiger charge is -2.28. The van der Waals surface area contributed by atoms with Crippen LogP contribution < -0.4 is 10.2 Å². The van der Waals surface area contributed by atoms with Crippen LogP contribution in [-0.2, 0) is 16.0 Å². The van der Waals surface area contributed by atoms with Gasteiger partial charge in [0.05, 0.1) is 5.69 Å². The Labute approximate surface area is 162 Å². The topological polar surface area (TPSA) is 78.8 Å². The van der Waals surface area contributed by atoms with Crippen molar-refractivity contribution in [2.24, 2.45) is 10.9 Å². The molecule has 4 amide bonds. The summed E-state index contributed by atoms with van der Waals surface area (Å²) in [5, 5.41) is 2.15. The summed E-state index contributed by atoms with van der Waals surface area (Å²) in [5.74, 6) is -3.12. The lowest BCUT2D eigenvalue weighted by molar-refractivity contribution is -0.131. The largest absolute Gasteiger partial charge is 0.335 e. The molecule has 2 aromatic carbocycles. The third-order valence-corrected chi connectivity index (χ3v) is 4.47. The van der Waals surface area contributed by atoms with Crippen molar-refractivity contribution in [2.45, 2.75) is 25.8 Å². The smallest absolute Gasteiger partial charge is 0.293 e. The van der Waals surface area contributed by atoms with Crippen LogP contribution in [0.4, 0.5) is 14.9 Å². The molecule has 1 aliphatic rings. The van der Waals surface area contributed by atoms with Crippen LogP contribution in [0.25, 0.3) is 0 Å². The zero-order chi connectivity index (χ0) is 20.1. The molecule has 1 unspecified atom stereocenters. The van der Waals surface area contributed by atoms with Crippen molar-refractivity contribution in [1.29, 1.82) is 0 Å². The Morgan fingerprint density at radius 1 is 1.11 bits per heavy atom. The minimum atomic E-state index is -1.21. The Balaban J connectivity index is 1.68. The van der Waals surface area contributed by atoms with Crippen LogP contribution in [0.2, 0.25) is 0 Å². The molecular formula is C21H20FN3O3. The molecule has 0 bridgehead atoms. The molecule has 1 N–H and O–H groups in total. The van der Waals surface area contributed by atoms with Crippen molar-refractivity contribution >= 4 is 29.7 Å². The first-order valence-corrected chi connectivity index (χ1v) is 8.97. The van der Waals surface area contributed by atoms with Gasteiger partial charge >= 0.3 is 6.03 Å². The number of aryl methyl sites for hydroxylation is 1. The van der Waals surface area contributed by atoms with Crippen LogP contribution in [0.5, 0.6) is 0 Å². The Kier molecular flexibility index (Phi) is 5.93. The highest BCUT2D eigenvalue weighted by atomic mass is 19.1. The summed E-state index contributed by atoms with van der Waals surface area (Å²) in [6.45, 7) is 1.90. The summed E-state index contributed by atoms with van der Waals surface area (Å²) in [5.41, 5.74) is 1.37. The van der Waals surface area contributed by atoms with E-state index >= 15 is 0 Å². The lowest BCUT2D eigenvalue weighted by atomic mass is 10.0. The molecule has 6 nitrogen and oxygen atoms in total. The number of carbonyl (C=O) groups excluding carboxylic acids is 3. The molecule has 1 saturated heterocycles. The van der Waals surface area contributed by atoms with Crippen LogP contribution in [0.1, 0.15) is 18.9 Å². The predicted octanol–water partition coefficient (Wildman–Crippen LogP) is 3.12. The highest BCUT2D eigenvalue weighted by molar-refractivity contribution is 6.32. The van der Waals surface area contributed by atoms with E-state index in [1.165, 1.54) is 23.9 Å². The maximum atomic E-state index is 13.1. The molecule has 0 aromatic heterocycles. The number of amides is 4. The van der Waals surface area contributed by atoms with Crippen molar-refractivity contribution in [1.82, 2.24) is 5.32 Å². The van der Waals surface area contributed by atoms with Gasteiger partial charge in [-0.2, -0.15) is 0 Å². The highest BCUT2D eigenvalue weighted by Crippen LogP contribution is 2.20. The normalized spacial score (nSPS) is 18.4. The molecule has 0 aliphatic carbocycles. The molecule has 1 heterocycles. The van der Waals surface area contributed by atoms with E-state index in [0.717, 1.165) is 29.9 Å². The molecule has 28 heavy (non-hydrogen) atoms. The average Bonchev–Trinajstić information content (AvgIpc) is 2.68. The monoisotopic (exact) mass is 381 g/mol. The van der Waals surface area contributed by atoms with Crippen LogP contribution in [0.3, 0.4) is 0 Å². The molecular weight excluding hydrogens is 361 g/mol. The van der Waals surface area contributed by atoms with Gasteiger partial charge in [-0.3, -0.25) is 19.9 Å². The van der Waals surface area contributed by atoms with Gasteiger partial charge in [-0.25, -0.2) is 14.1 Å². The standard InChI is InChI=1S/C21H20FN3O3/c1-14(7-8-15-5-3-2-4-6-15)23-13-18-19(26)24-21(28)25(20(18)27)17-11-9-16(22)10-12-17/h2-6,9-14,18H,7-8H2,1H3,(H,24,26,28)/t14-,18?/m0/s1. The predicted molar refractivity (Wildman–Crippen MR) is 104 cm³/mol. The van der Waals surface area contributed by atoms with E-state index in [1.807, 2.05) is 37.3 Å². The van der Waals surface area contributed by atoms with E-state index in [-0.39, 0.29) is 11.7 Å². The van der Waals surface area contributed by atoms with Gasteiger partial charge in [0.1, 0.15) is 5.82 Å². The Morgan fingerprint density at radius 3 is 2.46 bits per heavy atom. The van der Waals surface area contributed by atoms with Crippen molar-refractivity contribution in [3.05, 3.63) is 66.0 Å². The number of nitrogens with one attached hydrogen (secondary N) is 1. The molecule has 1 fully saturated rings. The van der Waals surface area contributed by atoms with E-state index in [0.29, 0.717) is 0 Å². The number of carbonyl (C=O) groups is 3. The minimum absolute atomic E-state index is 0.0993. The molecule has 3 rings (SSSR count). The second kappa shape index (κ2) is 8.56. The van der Waals surface area contributed by atoms with Gasteiger partial charge in [-0.15, -0.1) is 0 Å². The van der Waals surface area contributed by atoms with Gasteiger partial charge in [0.15, 0.2) is 5.92 Å². The number of benzene rings is 2. The lowest BCUT2D eigenvalue weighted by Crippen LogP contribution is -2.58. The maximum absolute atomic E-state index is 13.1. The molecule has 0 radical (unpaired) electrons. The first-order valence-electron chi connectivity index (χ1n) is 8.97. The quantitative estimate of drug-likeness (QED) is 0.617. The summed E-state index contributed by atoms with van der Waals surface area (Å²) in [7, 11) is 0.